The molecule has 3 rings (SSSR count). The molecule has 1 amide bonds. The number of carbonyl (C=O) groups is 2. The van der Waals surface area contributed by atoms with E-state index in [0.717, 1.165) is 16.7 Å². The Morgan fingerprint density at radius 3 is 2.75 bits per heavy atom. The molecule has 13 heteroatoms. The van der Waals surface area contributed by atoms with Gasteiger partial charge in [0.1, 0.15) is 5.70 Å². The first-order chi connectivity index (χ1) is 11.3. The number of aliphatic carboxylic acids is 1. The zero-order valence-corrected chi connectivity index (χ0v) is 14.2. The summed E-state index contributed by atoms with van der Waals surface area (Å²) in [4.78, 5) is 24.4. The Labute approximate surface area is 140 Å². The molecule has 1 fully saturated rings. The largest absolute Gasteiger partial charge is 0.477 e. The number of fused-ring (bicyclic) bond motifs is 1. The first kappa shape index (κ1) is 16.9. The Morgan fingerprint density at radius 1 is 1.50 bits per heavy atom. The van der Waals surface area contributed by atoms with Crippen molar-refractivity contribution in [2.75, 3.05) is 18.6 Å². The molecule has 2 atom stereocenters. The van der Waals surface area contributed by atoms with Gasteiger partial charge in [-0.2, -0.15) is 0 Å². The van der Waals surface area contributed by atoms with Gasteiger partial charge in [0.15, 0.2) is 21.3 Å². The summed E-state index contributed by atoms with van der Waals surface area (Å²) in [7, 11) is -0.932. The van der Waals surface area contributed by atoms with Gasteiger partial charge in [-0.05, 0) is 16.0 Å². The lowest BCUT2D eigenvalue weighted by Gasteiger charge is -2.48. The zero-order chi connectivity index (χ0) is 17.6. The number of methoxy groups -OCH3 is 1. The maximum atomic E-state index is 12.4. The summed E-state index contributed by atoms with van der Waals surface area (Å²) < 4.78 is 31.1. The molecule has 11 nitrogen and oxygen atoms in total. The van der Waals surface area contributed by atoms with Crippen molar-refractivity contribution in [2.45, 2.75) is 16.6 Å². The second-order valence-electron chi connectivity index (χ2n) is 5.19. The third-order valence-corrected chi connectivity index (χ3v) is 6.77. The molecule has 0 radical (unpaired) electrons. The quantitative estimate of drug-likeness (QED) is 0.464. The van der Waals surface area contributed by atoms with Crippen LogP contribution in [0.15, 0.2) is 16.4 Å². The minimum Gasteiger partial charge on any atom is -0.477 e. The molecule has 1 saturated heterocycles. The third kappa shape index (κ3) is 2.48. The number of hydrogen-bond donors (Lipinski definition) is 1. The Kier molecular flexibility index (Phi) is 4.09. The average molecular weight is 375 g/mol. The summed E-state index contributed by atoms with van der Waals surface area (Å²) in [5.41, 5.74) is -0.189. The first-order valence-electron chi connectivity index (χ1n) is 6.66. The van der Waals surface area contributed by atoms with Gasteiger partial charge >= 0.3 is 5.97 Å². The van der Waals surface area contributed by atoms with Gasteiger partial charge in [-0.3, -0.25) is 9.69 Å². The summed E-state index contributed by atoms with van der Waals surface area (Å²) in [5.74, 6) is -2.46. The lowest BCUT2D eigenvalue weighted by atomic mass is 10.1. The highest BCUT2D eigenvalue weighted by Gasteiger charge is 2.60. The monoisotopic (exact) mass is 375 g/mol. The van der Waals surface area contributed by atoms with Crippen LogP contribution in [0.5, 0.6) is 0 Å². The Morgan fingerprint density at radius 2 is 2.21 bits per heavy atom. The molecule has 24 heavy (non-hydrogen) atoms. The predicted molar refractivity (Wildman–Crippen MR) is 79.4 cm³/mol. The molecule has 0 saturated carbocycles. The number of rotatable bonds is 5. The van der Waals surface area contributed by atoms with Gasteiger partial charge in [-0.15, -0.1) is 5.10 Å². The summed E-state index contributed by atoms with van der Waals surface area (Å²) >= 11 is 1.09. The van der Waals surface area contributed by atoms with Crippen LogP contribution in [0.25, 0.3) is 0 Å². The van der Waals surface area contributed by atoms with Crippen LogP contribution in [0.4, 0.5) is 0 Å². The van der Waals surface area contributed by atoms with Crippen molar-refractivity contribution in [1.82, 2.24) is 25.1 Å². The topological polar surface area (TPSA) is 145 Å². The number of aromatic nitrogens is 4. The minimum absolute atomic E-state index is 0.0310. The smallest absolute Gasteiger partial charge is 0.352 e. The van der Waals surface area contributed by atoms with E-state index < -0.39 is 38.9 Å². The lowest BCUT2D eigenvalue weighted by molar-refractivity contribution is -0.162. The number of carboxylic acids is 1. The lowest BCUT2D eigenvalue weighted by Crippen LogP contribution is -2.70. The predicted octanol–water partition coefficient (Wildman–Crippen LogP) is -1.75. The summed E-state index contributed by atoms with van der Waals surface area (Å²) in [6.45, 7) is 0. The number of hydrogen-bond acceptors (Lipinski definition) is 9. The van der Waals surface area contributed by atoms with Crippen molar-refractivity contribution >= 4 is 33.5 Å². The first-order valence-corrected chi connectivity index (χ1v) is 9.36. The van der Waals surface area contributed by atoms with E-state index >= 15 is 0 Å². The van der Waals surface area contributed by atoms with Gasteiger partial charge in [0.25, 0.3) is 5.91 Å². The van der Waals surface area contributed by atoms with Crippen LogP contribution in [-0.2, 0) is 31.2 Å². The number of sulfone groups is 1. The van der Waals surface area contributed by atoms with Gasteiger partial charge in [0.2, 0.25) is 5.16 Å². The van der Waals surface area contributed by atoms with Crippen LogP contribution < -0.4 is 0 Å². The molecule has 1 N–H and O–H groups in total. The number of nitrogens with zero attached hydrogens (tertiary/aromatic N) is 5. The van der Waals surface area contributed by atoms with Crippen molar-refractivity contribution in [2.24, 2.45) is 7.05 Å². The van der Waals surface area contributed by atoms with Crippen molar-refractivity contribution in [3.63, 3.8) is 0 Å². The molecular weight excluding hydrogens is 362 g/mol. The SMILES string of the molecule is CO[C@H]1C(=O)N2C(C(=O)O)=C(CSc3nnnn3C)CS(=O)(=O)C12. The fourth-order valence-electron chi connectivity index (χ4n) is 2.67. The normalized spacial score (nSPS) is 25.4. The van der Waals surface area contributed by atoms with Gasteiger partial charge in [0, 0.05) is 19.9 Å². The van der Waals surface area contributed by atoms with Crippen LogP contribution in [0, 0.1) is 0 Å². The van der Waals surface area contributed by atoms with E-state index in [2.05, 4.69) is 15.5 Å². The number of ether oxygens (including phenoxy) is 1. The molecule has 0 aliphatic carbocycles. The molecule has 1 aromatic rings. The van der Waals surface area contributed by atoms with E-state index in [0.29, 0.717) is 5.16 Å². The van der Waals surface area contributed by atoms with Gasteiger partial charge in [-0.1, -0.05) is 11.8 Å². The van der Waals surface area contributed by atoms with E-state index in [-0.39, 0.29) is 17.0 Å². The molecule has 1 unspecified atom stereocenters. The van der Waals surface area contributed by atoms with E-state index in [1.807, 2.05) is 0 Å². The van der Waals surface area contributed by atoms with Crippen molar-refractivity contribution in [3.8, 4) is 0 Å². The van der Waals surface area contributed by atoms with E-state index in [4.69, 9.17) is 4.74 Å². The Hall–Kier alpha value is -1.99. The number of carboxylic acid groups (broad SMARTS) is 1. The molecule has 0 aromatic carbocycles. The van der Waals surface area contributed by atoms with E-state index in [9.17, 15) is 23.1 Å². The minimum atomic E-state index is -3.75. The third-order valence-electron chi connectivity index (χ3n) is 3.73. The number of carbonyl (C=O) groups excluding carboxylic acids is 1. The van der Waals surface area contributed by atoms with Crippen molar-refractivity contribution < 1.29 is 27.9 Å². The number of β-lactam (4-membered cyclic amide) rings is 1. The Bertz CT molecular complexity index is 847. The highest BCUT2D eigenvalue weighted by atomic mass is 32.2. The molecule has 0 bridgehead atoms. The van der Waals surface area contributed by atoms with Crippen LogP contribution in [-0.4, -0.2) is 80.6 Å². The fourth-order valence-corrected chi connectivity index (χ4v) is 5.69. The molecule has 3 heterocycles. The Balaban J connectivity index is 1.96. The van der Waals surface area contributed by atoms with Crippen LogP contribution >= 0.6 is 11.8 Å². The maximum absolute atomic E-state index is 12.4. The molecule has 2 aliphatic rings. The van der Waals surface area contributed by atoms with Crippen LogP contribution in [0.1, 0.15) is 0 Å². The maximum Gasteiger partial charge on any atom is 0.352 e. The molecular formula is C11H13N5O6S2. The standard InChI is InChI=1S/C11H13N5O6S2/c1-15-11(12-13-14-15)23-3-5-4-24(20,21)9-7(22-2)8(17)16(9)6(5)10(18)19/h7,9H,3-4H2,1-2H3,(H,18,19)/t7-,9?/m0/s1. The van der Waals surface area contributed by atoms with Crippen LogP contribution in [0.2, 0.25) is 0 Å². The number of thioether (sulfide) groups is 1. The van der Waals surface area contributed by atoms with Crippen molar-refractivity contribution in [3.05, 3.63) is 11.3 Å². The summed E-state index contributed by atoms with van der Waals surface area (Å²) in [5, 5.41) is 19.4. The second kappa shape index (κ2) is 5.82. The highest BCUT2D eigenvalue weighted by Crippen LogP contribution is 2.39. The van der Waals surface area contributed by atoms with Gasteiger partial charge in [0.05, 0.1) is 5.75 Å². The summed E-state index contributed by atoms with van der Waals surface area (Å²) in [6, 6.07) is 0. The van der Waals surface area contributed by atoms with E-state index in [1.54, 1.807) is 7.05 Å². The molecule has 1 aromatic heterocycles. The zero-order valence-electron chi connectivity index (χ0n) is 12.6. The second-order valence-corrected chi connectivity index (χ2v) is 8.23. The fraction of sp³-hybridized carbons (Fsp3) is 0.545. The number of amides is 1. The van der Waals surface area contributed by atoms with Gasteiger partial charge in [-0.25, -0.2) is 17.9 Å². The number of tetrazole rings is 1. The molecule has 130 valence electrons. The average Bonchev–Trinajstić information content (AvgIpc) is 2.90. The molecule has 2 aliphatic heterocycles. The summed E-state index contributed by atoms with van der Waals surface area (Å²) in [6.07, 6.45) is -1.17. The van der Waals surface area contributed by atoms with Gasteiger partial charge < -0.3 is 9.84 Å². The molecule has 0 spiro atoms. The van der Waals surface area contributed by atoms with Crippen molar-refractivity contribution in [1.29, 1.82) is 0 Å². The van der Waals surface area contributed by atoms with E-state index in [1.165, 1.54) is 11.8 Å². The highest BCUT2D eigenvalue weighted by molar-refractivity contribution is 7.99. The van der Waals surface area contributed by atoms with Crippen LogP contribution in [0.3, 0.4) is 0 Å². The number of aryl methyl sites for hydroxylation is 1.